The van der Waals surface area contributed by atoms with Gasteiger partial charge in [-0.05, 0) is 38.1 Å². The number of nitrogens with zero attached hydrogens (tertiary/aromatic N) is 3. The van der Waals surface area contributed by atoms with Crippen molar-refractivity contribution in [3.05, 3.63) is 41.8 Å². The second kappa shape index (κ2) is 9.06. The van der Waals surface area contributed by atoms with Crippen molar-refractivity contribution >= 4 is 34.1 Å². The Bertz CT molecular complexity index is 1050. The summed E-state index contributed by atoms with van der Waals surface area (Å²) in [6.45, 7) is 4.79. The van der Waals surface area contributed by atoms with Crippen LogP contribution in [0.15, 0.2) is 30.5 Å². The van der Waals surface area contributed by atoms with Crippen LogP contribution < -0.4 is 22.1 Å². The number of anilines is 3. The summed E-state index contributed by atoms with van der Waals surface area (Å²) in [5, 5.41) is 11.2. The molecule has 160 valence electrons. The lowest BCUT2D eigenvalue weighted by Gasteiger charge is -2.20. The fraction of sp³-hybridized carbons (Fsp3) is 0.350. The topological polar surface area (TPSA) is 133 Å². The quantitative estimate of drug-likeness (QED) is 0.421. The van der Waals surface area contributed by atoms with E-state index in [4.69, 9.17) is 16.2 Å². The zero-order chi connectivity index (χ0) is 21.8. The van der Waals surface area contributed by atoms with E-state index in [0.29, 0.717) is 18.8 Å². The molecule has 3 rings (SSSR count). The monoisotopic (exact) mass is 415 g/mol. The normalized spacial score (nSPS) is 13.2. The third-order valence-corrected chi connectivity index (χ3v) is 4.81. The number of primary amides is 1. The van der Waals surface area contributed by atoms with Gasteiger partial charge in [-0.1, -0.05) is 0 Å². The molecule has 10 heteroatoms. The highest BCUT2D eigenvalue weighted by Crippen LogP contribution is 2.26. The third kappa shape index (κ3) is 4.66. The summed E-state index contributed by atoms with van der Waals surface area (Å²) in [4.78, 5) is 16.1. The van der Waals surface area contributed by atoms with Gasteiger partial charge in [0.25, 0.3) is 5.91 Å². The molecule has 3 aromatic rings. The number of ether oxygens (including phenoxy) is 1. The Balaban J connectivity index is 1.93. The molecule has 1 amide bonds. The van der Waals surface area contributed by atoms with Crippen molar-refractivity contribution in [2.24, 2.45) is 11.5 Å². The van der Waals surface area contributed by atoms with E-state index in [2.05, 4.69) is 20.7 Å². The fourth-order valence-corrected chi connectivity index (χ4v) is 2.88. The molecule has 9 nitrogen and oxygen atoms in total. The van der Waals surface area contributed by atoms with E-state index in [-0.39, 0.29) is 29.3 Å². The Morgan fingerprint density at radius 3 is 2.73 bits per heavy atom. The summed E-state index contributed by atoms with van der Waals surface area (Å²) >= 11 is 0. The highest BCUT2D eigenvalue weighted by molar-refractivity contribution is 5.99. The van der Waals surface area contributed by atoms with E-state index in [9.17, 15) is 9.18 Å². The number of amides is 1. The zero-order valence-corrected chi connectivity index (χ0v) is 17.1. The molecule has 30 heavy (non-hydrogen) atoms. The molecule has 0 spiro atoms. The maximum atomic E-state index is 14.4. The van der Waals surface area contributed by atoms with Gasteiger partial charge in [0, 0.05) is 30.3 Å². The number of benzene rings is 1. The number of halogens is 1. The van der Waals surface area contributed by atoms with Crippen LogP contribution in [-0.4, -0.2) is 46.5 Å². The van der Waals surface area contributed by atoms with Crippen LogP contribution in [0.3, 0.4) is 0 Å². The summed E-state index contributed by atoms with van der Waals surface area (Å²) in [5.41, 5.74) is 12.8. The second-order valence-electron chi connectivity index (χ2n) is 7.13. The highest BCUT2D eigenvalue weighted by Gasteiger charge is 2.18. The molecule has 2 heterocycles. The molecule has 0 saturated heterocycles. The van der Waals surface area contributed by atoms with Gasteiger partial charge in [0.2, 0.25) is 0 Å². The number of aromatic nitrogens is 3. The minimum Gasteiger partial charge on any atom is -0.383 e. The van der Waals surface area contributed by atoms with Crippen LogP contribution in [0.1, 0.15) is 24.2 Å². The molecule has 1 aromatic carbocycles. The van der Waals surface area contributed by atoms with Gasteiger partial charge in [0.1, 0.15) is 5.82 Å². The number of fused-ring (bicyclic) bond motifs is 1. The van der Waals surface area contributed by atoms with E-state index in [1.165, 1.54) is 0 Å². The first-order valence-corrected chi connectivity index (χ1v) is 9.54. The van der Waals surface area contributed by atoms with Gasteiger partial charge >= 0.3 is 0 Å². The van der Waals surface area contributed by atoms with Crippen LogP contribution in [0.4, 0.5) is 21.7 Å². The number of carbonyl (C=O) groups excluding carboxylic acids is 1. The number of nitrogens with one attached hydrogen (secondary N) is 2. The van der Waals surface area contributed by atoms with E-state index in [1.54, 1.807) is 20.2 Å². The lowest BCUT2D eigenvalue weighted by molar-refractivity contribution is 0.100. The average molecular weight is 415 g/mol. The molecule has 0 unspecified atom stereocenters. The number of hydrogen-bond donors (Lipinski definition) is 4. The molecular formula is C20H26FN7O2. The van der Waals surface area contributed by atoms with Crippen LogP contribution >= 0.6 is 0 Å². The predicted molar refractivity (Wildman–Crippen MR) is 114 cm³/mol. The van der Waals surface area contributed by atoms with Crippen LogP contribution in [0.25, 0.3) is 10.9 Å². The lowest BCUT2D eigenvalue weighted by Crippen LogP contribution is -2.35. The van der Waals surface area contributed by atoms with Gasteiger partial charge in [-0.25, -0.2) is 9.37 Å². The molecule has 0 aliphatic carbocycles. The van der Waals surface area contributed by atoms with Crippen molar-refractivity contribution in [3.8, 4) is 0 Å². The summed E-state index contributed by atoms with van der Waals surface area (Å²) in [7, 11) is 1.64. The Morgan fingerprint density at radius 1 is 1.30 bits per heavy atom. The Kier molecular flexibility index (Phi) is 6.48. The van der Waals surface area contributed by atoms with Crippen LogP contribution in [0.5, 0.6) is 0 Å². The van der Waals surface area contributed by atoms with Crippen molar-refractivity contribution in [1.29, 1.82) is 0 Å². The number of methoxy groups -OCH3 is 1. The van der Waals surface area contributed by atoms with Gasteiger partial charge in [0.05, 0.1) is 30.4 Å². The summed E-state index contributed by atoms with van der Waals surface area (Å²) < 4.78 is 21.4. The summed E-state index contributed by atoms with van der Waals surface area (Å²) in [5.74, 6) is -1.34. The van der Waals surface area contributed by atoms with E-state index in [1.807, 2.05) is 29.8 Å². The third-order valence-electron chi connectivity index (χ3n) is 4.81. The Morgan fingerprint density at radius 2 is 2.07 bits per heavy atom. The maximum absolute atomic E-state index is 14.4. The van der Waals surface area contributed by atoms with Crippen molar-refractivity contribution in [3.63, 3.8) is 0 Å². The molecule has 0 aliphatic rings. The minimum atomic E-state index is -0.788. The van der Waals surface area contributed by atoms with Crippen LogP contribution in [-0.2, 0) is 11.3 Å². The first-order valence-electron chi connectivity index (χ1n) is 9.54. The van der Waals surface area contributed by atoms with Gasteiger partial charge in [-0.3, -0.25) is 9.48 Å². The number of pyridine rings is 1. The van der Waals surface area contributed by atoms with Gasteiger partial charge in [-0.2, -0.15) is 5.10 Å². The minimum absolute atomic E-state index is 0.0132. The van der Waals surface area contributed by atoms with Crippen molar-refractivity contribution in [2.75, 3.05) is 24.4 Å². The number of hydrogen-bond acceptors (Lipinski definition) is 7. The SMILES string of the molecule is COCCn1ncc2cc(Nc3nc(N[C@H](C)[C@H](C)N)c(F)cc3C(N)=O)ccc21. The molecule has 2 aromatic heterocycles. The fourth-order valence-electron chi connectivity index (χ4n) is 2.88. The first-order chi connectivity index (χ1) is 14.3. The average Bonchev–Trinajstić information content (AvgIpc) is 3.10. The largest absolute Gasteiger partial charge is 0.383 e. The molecule has 2 atom stereocenters. The molecule has 0 aliphatic heterocycles. The van der Waals surface area contributed by atoms with Crippen LogP contribution in [0, 0.1) is 5.82 Å². The molecule has 0 bridgehead atoms. The summed E-state index contributed by atoms with van der Waals surface area (Å²) in [6, 6.07) is 6.18. The lowest BCUT2D eigenvalue weighted by atomic mass is 10.1. The van der Waals surface area contributed by atoms with E-state index >= 15 is 0 Å². The van der Waals surface area contributed by atoms with Gasteiger partial charge < -0.3 is 26.8 Å². The zero-order valence-electron chi connectivity index (χ0n) is 17.1. The van der Waals surface area contributed by atoms with Crippen molar-refractivity contribution < 1.29 is 13.9 Å². The van der Waals surface area contributed by atoms with E-state index < -0.39 is 11.7 Å². The van der Waals surface area contributed by atoms with Crippen molar-refractivity contribution in [2.45, 2.75) is 32.5 Å². The smallest absolute Gasteiger partial charge is 0.252 e. The summed E-state index contributed by atoms with van der Waals surface area (Å²) in [6.07, 6.45) is 1.74. The molecule has 0 radical (unpaired) electrons. The Labute approximate surface area is 173 Å². The molecule has 6 N–H and O–H groups in total. The molecular weight excluding hydrogens is 389 g/mol. The number of rotatable bonds is 9. The van der Waals surface area contributed by atoms with Gasteiger partial charge in [-0.15, -0.1) is 0 Å². The number of carbonyl (C=O) groups is 1. The standard InChI is InChI=1S/C20H26FN7O2/c1-11(22)12(2)25-20-16(21)9-15(18(23)29)19(27-20)26-14-4-5-17-13(8-14)10-24-28(17)6-7-30-3/h4-5,8-12H,6-7,22H2,1-3H3,(H2,23,29)(H2,25,26,27)/t11-,12+/m0/s1. The van der Waals surface area contributed by atoms with E-state index in [0.717, 1.165) is 17.0 Å². The second-order valence-corrected chi connectivity index (χ2v) is 7.13. The van der Waals surface area contributed by atoms with Crippen LogP contribution in [0.2, 0.25) is 0 Å². The first kappa shape index (κ1) is 21.5. The number of nitrogens with two attached hydrogens (primary N) is 2. The Hall–Kier alpha value is -3.24. The van der Waals surface area contributed by atoms with Crippen molar-refractivity contribution in [1.82, 2.24) is 14.8 Å². The maximum Gasteiger partial charge on any atom is 0.252 e. The van der Waals surface area contributed by atoms with Gasteiger partial charge in [0.15, 0.2) is 11.6 Å². The predicted octanol–water partition coefficient (Wildman–Crippen LogP) is 2.21. The highest BCUT2D eigenvalue weighted by atomic mass is 19.1. The molecule has 0 saturated carbocycles. The molecule has 0 fully saturated rings.